The fourth-order valence-electron chi connectivity index (χ4n) is 2.53. The van der Waals surface area contributed by atoms with Gasteiger partial charge in [0.15, 0.2) is 0 Å². The Morgan fingerprint density at radius 1 is 1.58 bits per heavy atom. The number of esters is 1. The highest BCUT2D eigenvalue weighted by atomic mass is 79.9. The lowest BCUT2D eigenvalue weighted by Gasteiger charge is -2.18. The lowest BCUT2D eigenvalue weighted by Crippen LogP contribution is -2.23. The largest absolute Gasteiger partial charge is 0.469 e. The van der Waals surface area contributed by atoms with Crippen LogP contribution in [0.25, 0.3) is 0 Å². The van der Waals surface area contributed by atoms with Crippen molar-refractivity contribution in [1.82, 2.24) is 0 Å². The molecule has 68 valence electrons. The van der Waals surface area contributed by atoms with Gasteiger partial charge in [0.25, 0.3) is 0 Å². The summed E-state index contributed by atoms with van der Waals surface area (Å²) < 4.78 is 4.84. The summed E-state index contributed by atoms with van der Waals surface area (Å²) >= 11 is 3.57. The molecule has 2 aliphatic carbocycles. The lowest BCUT2D eigenvalue weighted by molar-refractivity contribution is -0.148. The topological polar surface area (TPSA) is 26.3 Å². The molecule has 0 bridgehead atoms. The molecule has 2 rings (SSSR count). The minimum absolute atomic E-state index is 0.00549. The van der Waals surface area contributed by atoms with Gasteiger partial charge in [-0.05, 0) is 18.8 Å². The molecule has 2 fully saturated rings. The van der Waals surface area contributed by atoms with Crippen molar-refractivity contribution in [2.24, 2.45) is 11.3 Å². The molecule has 0 N–H and O–H groups in total. The van der Waals surface area contributed by atoms with E-state index in [1.165, 1.54) is 26.4 Å². The van der Waals surface area contributed by atoms with E-state index in [1.54, 1.807) is 0 Å². The molecule has 0 aromatic carbocycles. The van der Waals surface area contributed by atoms with Crippen LogP contribution in [-0.4, -0.2) is 17.9 Å². The Morgan fingerprint density at radius 2 is 2.33 bits per heavy atom. The number of carbonyl (C=O) groups is 1. The summed E-state index contributed by atoms with van der Waals surface area (Å²) in [5.74, 6) is 0.549. The smallest absolute Gasteiger partial charge is 0.313 e. The first-order valence-corrected chi connectivity index (χ1v) is 5.37. The molecule has 0 aromatic heterocycles. The normalized spacial score (nSPS) is 44.8. The molecule has 0 saturated heterocycles. The van der Waals surface area contributed by atoms with Gasteiger partial charge < -0.3 is 4.74 Å². The van der Waals surface area contributed by atoms with E-state index >= 15 is 0 Å². The van der Waals surface area contributed by atoms with Gasteiger partial charge in [-0.25, -0.2) is 0 Å². The van der Waals surface area contributed by atoms with Gasteiger partial charge >= 0.3 is 5.97 Å². The van der Waals surface area contributed by atoms with Crippen LogP contribution in [0.2, 0.25) is 0 Å². The third-order valence-electron chi connectivity index (χ3n) is 3.32. The molecule has 0 unspecified atom stereocenters. The van der Waals surface area contributed by atoms with Crippen molar-refractivity contribution in [2.75, 3.05) is 7.11 Å². The van der Waals surface area contributed by atoms with Gasteiger partial charge in [0.05, 0.1) is 12.5 Å². The first kappa shape index (κ1) is 8.54. The zero-order chi connectivity index (χ0) is 8.77. The van der Waals surface area contributed by atoms with Crippen molar-refractivity contribution in [2.45, 2.75) is 30.5 Å². The van der Waals surface area contributed by atoms with E-state index < -0.39 is 0 Å². The van der Waals surface area contributed by atoms with Crippen molar-refractivity contribution >= 4 is 21.9 Å². The van der Waals surface area contributed by atoms with Crippen LogP contribution in [0.1, 0.15) is 25.7 Å². The molecule has 0 radical (unpaired) electrons. The highest BCUT2D eigenvalue weighted by Crippen LogP contribution is 2.65. The predicted octanol–water partition coefficient (Wildman–Crippen LogP) is 2.11. The SMILES string of the molecule is COC(=O)[C@]12CCCC[C@H]1[C@@H]2Br. The summed E-state index contributed by atoms with van der Waals surface area (Å²) in [6.07, 6.45) is 4.64. The molecular formula is C9H13BrO2. The first-order chi connectivity index (χ1) is 5.73. The van der Waals surface area contributed by atoms with Crippen molar-refractivity contribution in [3.8, 4) is 0 Å². The summed E-state index contributed by atoms with van der Waals surface area (Å²) in [6, 6.07) is 0. The molecule has 0 aromatic rings. The van der Waals surface area contributed by atoms with Crippen LogP contribution in [0.15, 0.2) is 0 Å². The summed E-state index contributed by atoms with van der Waals surface area (Å²) in [5.41, 5.74) is -0.132. The quantitative estimate of drug-likeness (QED) is 0.512. The Labute approximate surface area is 80.8 Å². The molecule has 0 amide bonds. The maximum absolute atomic E-state index is 11.5. The number of halogens is 1. The summed E-state index contributed by atoms with van der Waals surface area (Å²) in [7, 11) is 1.49. The van der Waals surface area contributed by atoms with Gasteiger partial charge in [-0.1, -0.05) is 28.8 Å². The first-order valence-electron chi connectivity index (χ1n) is 4.46. The van der Waals surface area contributed by atoms with Crippen LogP contribution in [0, 0.1) is 11.3 Å². The Hall–Kier alpha value is -0.0500. The third kappa shape index (κ3) is 0.889. The van der Waals surface area contributed by atoms with Gasteiger partial charge in [0.1, 0.15) is 0 Å². The van der Waals surface area contributed by atoms with E-state index in [0.29, 0.717) is 10.7 Å². The van der Waals surface area contributed by atoms with Crippen molar-refractivity contribution in [1.29, 1.82) is 0 Å². The number of carbonyl (C=O) groups excluding carboxylic acids is 1. The molecule has 3 atom stereocenters. The van der Waals surface area contributed by atoms with E-state index in [4.69, 9.17) is 4.74 Å². The van der Waals surface area contributed by atoms with E-state index in [-0.39, 0.29) is 11.4 Å². The van der Waals surface area contributed by atoms with E-state index in [1.807, 2.05) is 0 Å². The van der Waals surface area contributed by atoms with Crippen molar-refractivity contribution < 1.29 is 9.53 Å². The van der Waals surface area contributed by atoms with Gasteiger partial charge in [-0.3, -0.25) is 4.79 Å². The number of ether oxygens (including phenoxy) is 1. The van der Waals surface area contributed by atoms with Crippen LogP contribution in [0.4, 0.5) is 0 Å². The minimum atomic E-state index is -0.132. The van der Waals surface area contributed by atoms with E-state index in [9.17, 15) is 4.79 Å². The molecule has 2 nitrogen and oxygen atoms in total. The molecule has 3 heteroatoms. The van der Waals surface area contributed by atoms with E-state index in [2.05, 4.69) is 15.9 Å². The fraction of sp³-hybridized carbons (Fsp3) is 0.889. The third-order valence-corrected chi connectivity index (χ3v) is 4.77. The highest BCUT2D eigenvalue weighted by molar-refractivity contribution is 9.09. The molecular weight excluding hydrogens is 220 g/mol. The number of hydrogen-bond acceptors (Lipinski definition) is 2. The molecule has 2 saturated carbocycles. The number of fused-ring (bicyclic) bond motifs is 1. The van der Waals surface area contributed by atoms with Crippen LogP contribution < -0.4 is 0 Å². The average molecular weight is 233 g/mol. The van der Waals surface area contributed by atoms with Gasteiger partial charge in [-0.15, -0.1) is 0 Å². The Kier molecular flexibility index (Phi) is 1.94. The minimum Gasteiger partial charge on any atom is -0.469 e. The second-order valence-corrected chi connectivity index (χ2v) is 4.77. The monoisotopic (exact) mass is 232 g/mol. The molecule has 12 heavy (non-hydrogen) atoms. The second-order valence-electron chi connectivity index (χ2n) is 3.79. The Morgan fingerprint density at radius 3 is 2.92 bits per heavy atom. The summed E-state index contributed by atoms with van der Waals surface area (Å²) in [4.78, 5) is 11.9. The van der Waals surface area contributed by atoms with Crippen LogP contribution in [0.3, 0.4) is 0 Å². The summed E-state index contributed by atoms with van der Waals surface area (Å²) in [6.45, 7) is 0. The highest BCUT2D eigenvalue weighted by Gasteiger charge is 2.69. The Balaban J connectivity index is 2.15. The lowest BCUT2D eigenvalue weighted by atomic mass is 9.89. The number of rotatable bonds is 1. The fourth-order valence-corrected chi connectivity index (χ4v) is 3.87. The maximum atomic E-state index is 11.5. The van der Waals surface area contributed by atoms with Gasteiger partial charge in [-0.2, -0.15) is 0 Å². The number of hydrogen-bond donors (Lipinski definition) is 0. The maximum Gasteiger partial charge on any atom is 0.313 e. The molecule has 2 aliphatic rings. The predicted molar refractivity (Wildman–Crippen MR) is 49.1 cm³/mol. The van der Waals surface area contributed by atoms with Crippen LogP contribution in [-0.2, 0) is 9.53 Å². The average Bonchev–Trinajstić information content (AvgIpc) is 2.73. The standard InChI is InChI=1S/C9H13BrO2/c1-12-8(11)9-5-3-2-4-6(9)7(9)10/h6-7H,2-5H2,1H3/t6-,7-,9+/m0/s1. The van der Waals surface area contributed by atoms with Crippen molar-refractivity contribution in [3.05, 3.63) is 0 Å². The van der Waals surface area contributed by atoms with Gasteiger partial charge in [0.2, 0.25) is 0 Å². The molecule has 0 aliphatic heterocycles. The molecule has 0 heterocycles. The number of methoxy groups -OCH3 is 1. The van der Waals surface area contributed by atoms with Gasteiger partial charge in [0, 0.05) is 4.83 Å². The zero-order valence-electron chi connectivity index (χ0n) is 7.18. The summed E-state index contributed by atoms with van der Waals surface area (Å²) in [5, 5.41) is 0. The van der Waals surface area contributed by atoms with E-state index in [0.717, 1.165) is 6.42 Å². The van der Waals surface area contributed by atoms with Crippen LogP contribution >= 0.6 is 15.9 Å². The molecule has 0 spiro atoms. The van der Waals surface area contributed by atoms with Crippen molar-refractivity contribution in [3.63, 3.8) is 0 Å². The zero-order valence-corrected chi connectivity index (χ0v) is 8.76. The Bertz CT molecular complexity index is 217. The number of alkyl halides is 1. The second kappa shape index (κ2) is 2.72. The van der Waals surface area contributed by atoms with Crippen LogP contribution in [0.5, 0.6) is 0 Å².